The van der Waals surface area contributed by atoms with E-state index < -0.39 is 0 Å². The fourth-order valence-corrected chi connectivity index (χ4v) is 0. The molecule has 0 aliphatic heterocycles. The molecule has 0 spiro atoms. The Hall–Kier alpha value is 0.558. The zero-order valence-electron chi connectivity index (χ0n) is 4.02. The Morgan fingerprint density at radius 1 is 1.40 bits per heavy atom. The van der Waals surface area contributed by atoms with Crippen LogP contribution in [0.4, 0.5) is 0 Å². The first-order valence-electron chi connectivity index (χ1n) is 1.73. The molecule has 0 saturated heterocycles. The number of hydrogen-bond donors (Lipinski definition) is 0. The molecule has 1 radical (unpaired) electrons. The Balaban J connectivity index is 2.54. The van der Waals surface area contributed by atoms with Gasteiger partial charge in [0.05, 0.1) is 0 Å². The molecule has 0 aliphatic carbocycles. The molecule has 0 saturated carbocycles. The Kier molecular flexibility index (Phi) is 3.09. The van der Waals surface area contributed by atoms with Crippen molar-refractivity contribution >= 4 is 14.7 Å². The van der Waals surface area contributed by atoms with Crippen molar-refractivity contribution in [3.05, 3.63) is 5.21 Å². The van der Waals surface area contributed by atoms with E-state index in [4.69, 9.17) is 0 Å². The van der Waals surface area contributed by atoms with E-state index in [1.807, 2.05) is 0 Å². The summed E-state index contributed by atoms with van der Waals surface area (Å²) in [4.78, 5) is 0. The third kappa shape index (κ3) is 4.56. The number of hydrogen-bond acceptors (Lipinski definition) is 0. The van der Waals surface area contributed by atoms with E-state index in [2.05, 4.69) is 23.6 Å². The maximum atomic E-state index is 2.31. The normalized spacial score (nSPS) is 9.60. The minimum absolute atomic E-state index is 0.326. The molecule has 0 nitrogen and oxygen atoms in total. The summed E-state index contributed by atoms with van der Waals surface area (Å²) >= 11 is -0.326. The SMILES string of the molecule is C[CH][As](C)C. The molecule has 0 aromatic rings. The Labute approximate surface area is 38.8 Å². The van der Waals surface area contributed by atoms with Crippen LogP contribution in [-0.4, -0.2) is 14.7 Å². The van der Waals surface area contributed by atoms with Gasteiger partial charge >= 0.3 is 38.2 Å². The van der Waals surface area contributed by atoms with E-state index in [1.54, 1.807) is 0 Å². The average Bonchev–Trinajstić information content (AvgIpc) is 1.38. The van der Waals surface area contributed by atoms with E-state index >= 15 is 0 Å². The second-order valence-electron chi connectivity index (χ2n) is 1.22. The van der Waals surface area contributed by atoms with Crippen LogP contribution >= 0.6 is 0 Å². The van der Waals surface area contributed by atoms with Crippen molar-refractivity contribution in [1.29, 1.82) is 0 Å². The Morgan fingerprint density at radius 2 is 1.60 bits per heavy atom. The van der Waals surface area contributed by atoms with Crippen LogP contribution in [0.1, 0.15) is 6.92 Å². The molecule has 0 amide bonds. The third-order valence-corrected chi connectivity index (χ3v) is 2.68. The van der Waals surface area contributed by atoms with Gasteiger partial charge in [-0.05, 0) is 0 Å². The molecule has 0 aromatic carbocycles. The molecular formula is C4H10As. The molecule has 0 heterocycles. The molecular weight excluding hydrogens is 123 g/mol. The van der Waals surface area contributed by atoms with Gasteiger partial charge in [-0.1, -0.05) is 0 Å². The van der Waals surface area contributed by atoms with Crippen molar-refractivity contribution in [3.63, 3.8) is 0 Å². The van der Waals surface area contributed by atoms with Gasteiger partial charge in [-0.3, -0.25) is 0 Å². The topological polar surface area (TPSA) is 0 Å². The molecule has 0 aromatic heterocycles. The van der Waals surface area contributed by atoms with Gasteiger partial charge in [0.15, 0.2) is 0 Å². The fourth-order valence-electron chi connectivity index (χ4n) is 0. The first-order chi connectivity index (χ1) is 2.27. The van der Waals surface area contributed by atoms with Crippen molar-refractivity contribution in [1.82, 2.24) is 0 Å². The summed E-state index contributed by atoms with van der Waals surface area (Å²) in [6, 6.07) is 0. The fraction of sp³-hybridized carbons (Fsp3) is 0.750. The van der Waals surface area contributed by atoms with Gasteiger partial charge in [0.2, 0.25) is 0 Å². The molecule has 0 atom stereocenters. The van der Waals surface area contributed by atoms with Gasteiger partial charge in [-0.15, -0.1) is 0 Å². The minimum atomic E-state index is -0.326. The molecule has 1 heteroatoms. The van der Waals surface area contributed by atoms with E-state index in [0.717, 1.165) is 0 Å². The molecule has 0 unspecified atom stereocenters. The molecule has 0 fully saturated rings. The van der Waals surface area contributed by atoms with Gasteiger partial charge in [0.25, 0.3) is 0 Å². The van der Waals surface area contributed by atoms with Gasteiger partial charge in [-0.25, -0.2) is 0 Å². The summed E-state index contributed by atoms with van der Waals surface area (Å²) in [5.41, 5.74) is 4.62. The Morgan fingerprint density at radius 3 is 1.60 bits per heavy atom. The predicted octanol–water partition coefficient (Wildman–Crippen LogP) is 1.50. The first-order valence-corrected chi connectivity index (χ1v) is 6.57. The van der Waals surface area contributed by atoms with Crippen molar-refractivity contribution in [2.75, 3.05) is 0 Å². The second-order valence-corrected chi connectivity index (χ2v) is 6.35. The van der Waals surface area contributed by atoms with Crippen LogP contribution in [0.15, 0.2) is 0 Å². The summed E-state index contributed by atoms with van der Waals surface area (Å²) in [5.74, 6) is 0. The molecule has 31 valence electrons. The van der Waals surface area contributed by atoms with Gasteiger partial charge in [0, 0.05) is 0 Å². The van der Waals surface area contributed by atoms with Gasteiger partial charge in [-0.2, -0.15) is 0 Å². The van der Waals surface area contributed by atoms with Crippen LogP contribution in [0, 0.1) is 5.21 Å². The van der Waals surface area contributed by atoms with Crippen molar-refractivity contribution < 1.29 is 0 Å². The summed E-state index contributed by atoms with van der Waals surface area (Å²) in [5, 5.41) is 2.31. The van der Waals surface area contributed by atoms with Crippen LogP contribution in [0.5, 0.6) is 0 Å². The van der Waals surface area contributed by atoms with Gasteiger partial charge < -0.3 is 0 Å². The first kappa shape index (κ1) is 5.56. The standard InChI is InChI=1S/C4H10As/c1-4-5(2)3/h4H,1-3H3. The van der Waals surface area contributed by atoms with Crippen LogP contribution in [-0.2, 0) is 0 Å². The quantitative estimate of drug-likeness (QED) is 0.475. The summed E-state index contributed by atoms with van der Waals surface area (Å²) in [7, 11) is 0. The van der Waals surface area contributed by atoms with E-state index in [9.17, 15) is 0 Å². The molecule has 0 rings (SSSR count). The van der Waals surface area contributed by atoms with Crippen LogP contribution in [0.3, 0.4) is 0 Å². The molecule has 0 bridgehead atoms. The van der Waals surface area contributed by atoms with Crippen LogP contribution in [0.25, 0.3) is 0 Å². The monoisotopic (exact) mass is 133 g/mol. The van der Waals surface area contributed by atoms with E-state index in [0.29, 0.717) is 0 Å². The number of rotatable bonds is 1. The zero-order valence-corrected chi connectivity index (χ0v) is 5.90. The zero-order chi connectivity index (χ0) is 4.28. The van der Waals surface area contributed by atoms with E-state index in [1.165, 1.54) is 0 Å². The second kappa shape index (κ2) is 2.78. The van der Waals surface area contributed by atoms with Crippen molar-refractivity contribution in [2.45, 2.75) is 18.3 Å². The summed E-state index contributed by atoms with van der Waals surface area (Å²) in [6.07, 6.45) is 0. The molecule has 0 N–H and O–H groups in total. The van der Waals surface area contributed by atoms with Crippen LogP contribution < -0.4 is 0 Å². The van der Waals surface area contributed by atoms with Crippen molar-refractivity contribution in [2.24, 2.45) is 0 Å². The van der Waals surface area contributed by atoms with Crippen molar-refractivity contribution in [3.8, 4) is 0 Å². The summed E-state index contributed by atoms with van der Waals surface area (Å²) in [6.45, 7) is 2.14. The summed E-state index contributed by atoms with van der Waals surface area (Å²) < 4.78 is 0. The third-order valence-electron chi connectivity index (χ3n) is 0.516. The Bertz CT molecular complexity index is 17.6. The van der Waals surface area contributed by atoms with Crippen LogP contribution in [0.2, 0.25) is 11.4 Å². The maximum absolute atomic E-state index is 2.31. The van der Waals surface area contributed by atoms with E-state index in [-0.39, 0.29) is 14.7 Å². The van der Waals surface area contributed by atoms with Gasteiger partial charge in [0.1, 0.15) is 0 Å². The molecule has 5 heavy (non-hydrogen) atoms. The average molecular weight is 133 g/mol. The predicted molar refractivity (Wildman–Crippen MR) is 27.5 cm³/mol. The molecule has 0 aliphatic rings.